The molecule has 1 amide bonds. The van der Waals surface area contributed by atoms with Crippen molar-refractivity contribution in [2.24, 2.45) is 0 Å². The van der Waals surface area contributed by atoms with E-state index in [1.54, 1.807) is 18.2 Å². The first-order chi connectivity index (χ1) is 8.65. The van der Waals surface area contributed by atoms with E-state index in [9.17, 15) is 9.18 Å². The van der Waals surface area contributed by atoms with E-state index in [1.807, 2.05) is 0 Å². The molecule has 0 unspecified atom stereocenters. The molecule has 0 aliphatic rings. The van der Waals surface area contributed by atoms with E-state index >= 15 is 0 Å². The van der Waals surface area contributed by atoms with Gasteiger partial charge in [0.05, 0.1) is 0 Å². The molecular formula is C13H10ClFN2O. The van der Waals surface area contributed by atoms with Gasteiger partial charge in [-0.2, -0.15) is 0 Å². The fraction of sp³-hybridized carbons (Fsp3) is 0.0769. The molecule has 0 radical (unpaired) electrons. The van der Waals surface area contributed by atoms with Crippen molar-refractivity contribution in [1.29, 1.82) is 0 Å². The maximum Gasteiger partial charge on any atom is 0.251 e. The van der Waals surface area contributed by atoms with Crippen LogP contribution in [0.25, 0.3) is 0 Å². The molecule has 3 nitrogen and oxygen atoms in total. The van der Waals surface area contributed by atoms with Crippen molar-refractivity contribution in [3.05, 3.63) is 64.7 Å². The number of rotatable bonds is 3. The summed E-state index contributed by atoms with van der Waals surface area (Å²) in [5.74, 6) is -0.600. The molecule has 1 aromatic carbocycles. The van der Waals surface area contributed by atoms with Crippen LogP contribution in [0.3, 0.4) is 0 Å². The average Bonchev–Trinajstić information content (AvgIpc) is 2.36. The van der Waals surface area contributed by atoms with Crippen molar-refractivity contribution < 1.29 is 9.18 Å². The minimum Gasteiger partial charge on any atom is -0.348 e. The van der Waals surface area contributed by atoms with Crippen molar-refractivity contribution in [3.8, 4) is 0 Å². The van der Waals surface area contributed by atoms with Crippen LogP contribution in [0.5, 0.6) is 0 Å². The van der Waals surface area contributed by atoms with Crippen molar-refractivity contribution >= 4 is 17.5 Å². The lowest BCUT2D eigenvalue weighted by atomic mass is 10.2. The van der Waals surface area contributed by atoms with Gasteiger partial charge in [-0.1, -0.05) is 23.7 Å². The molecule has 0 bridgehead atoms. The number of hydrogen-bond acceptors (Lipinski definition) is 2. The predicted octanol–water partition coefficient (Wildman–Crippen LogP) is 2.80. The second kappa shape index (κ2) is 5.60. The molecule has 92 valence electrons. The first-order valence-corrected chi connectivity index (χ1v) is 5.67. The van der Waals surface area contributed by atoms with Crippen molar-refractivity contribution in [3.63, 3.8) is 0 Å². The number of pyridine rings is 1. The number of hydrogen-bond donors (Lipinski definition) is 1. The number of benzene rings is 1. The highest BCUT2D eigenvalue weighted by Crippen LogP contribution is 2.08. The van der Waals surface area contributed by atoms with Crippen molar-refractivity contribution in [2.75, 3.05) is 0 Å². The fourth-order valence-corrected chi connectivity index (χ4v) is 1.65. The van der Waals surface area contributed by atoms with E-state index in [0.29, 0.717) is 11.1 Å². The molecule has 1 heterocycles. The molecule has 18 heavy (non-hydrogen) atoms. The van der Waals surface area contributed by atoms with Crippen LogP contribution in [0.15, 0.2) is 42.6 Å². The lowest BCUT2D eigenvalue weighted by molar-refractivity contribution is 0.0950. The fourth-order valence-electron chi connectivity index (χ4n) is 1.48. The van der Waals surface area contributed by atoms with Gasteiger partial charge in [0.15, 0.2) is 0 Å². The lowest BCUT2D eigenvalue weighted by Crippen LogP contribution is -2.22. The van der Waals surface area contributed by atoms with Crippen LogP contribution >= 0.6 is 11.6 Å². The number of carbonyl (C=O) groups excluding carboxylic acids is 1. The zero-order valence-corrected chi connectivity index (χ0v) is 10.1. The Kier molecular flexibility index (Phi) is 3.89. The average molecular weight is 265 g/mol. The van der Waals surface area contributed by atoms with Crippen LogP contribution in [0.4, 0.5) is 4.39 Å². The molecule has 0 fully saturated rings. The van der Waals surface area contributed by atoms with Gasteiger partial charge in [-0.05, 0) is 29.8 Å². The lowest BCUT2D eigenvalue weighted by Gasteiger charge is -2.05. The minimum absolute atomic E-state index is 0.258. The van der Waals surface area contributed by atoms with E-state index in [1.165, 1.54) is 24.4 Å². The summed E-state index contributed by atoms with van der Waals surface area (Å²) in [5, 5.41) is 2.94. The molecule has 0 aliphatic heterocycles. The monoisotopic (exact) mass is 264 g/mol. The first kappa shape index (κ1) is 12.5. The summed E-state index contributed by atoms with van der Waals surface area (Å²) >= 11 is 5.69. The molecule has 1 aromatic heterocycles. The molecule has 2 rings (SSSR count). The standard InChI is InChI=1S/C13H10ClFN2O/c14-12-7-10(4-5-16-12)13(18)17-8-9-2-1-3-11(15)6-9/h1-7H,8H2,(H,17,18). The molecule has 0 spiro atoms. The highest BCUT2D eigenvalue weighted by molar-refractivity contribution is 6.29. The summed E-state index contributed by atoms with van der Waals surface area (Å²) in [6.07, 6.45) is 1.46. The molecule has 5 heteroatoms. The zero-order valence-electron chi connectivity index (χ0n) is 9.36. The third-order valence-electron chi connectivity index (χ3n) is 2.33. The number of aromatic nitrogens is 1. The van der Waals surface area contributed by atoms with Gasteiger partial charge in [0.2, 0.25) is 0 Å². The van der Waals surface area contributed by atoms with Crippen LogP contribution in [-0.4, -0.2) is 10.9 Å². The Morgan fingerprint density at radius 2 is 2.17 bits per heavy atom. The maximum absolute atomic E-state index is 12.9. The van der Waals surface area contributed by atoms with Gasteiger partial charge in [-0.25, -0.2) is 9.37 Å². The van der Waals surface area contributed by atoms with Gasteiger partial charge in [0, 0.05) is 18.3 Å². The third-order valence-corrected chi connectivity index (χ3v) is 2.54. The van der Waals surface area contributed by atoms with Crippen molar-refractivity contribution in [2.45, 2.75) is 6.54 Å². The molecule has 0 aliphatic carbocycles. The first-order valence-electron chi connectivity index (χ1n) is 5.29. The van der Waals surface area contributed by atoms with Crippen LogP contribution in [-0.2, 0) is 6.54 Å². The van der Waals surface area contributed by atoms with E-state index in [0.717, 1.165) is 0 Å². The largest absolute Gasteiger partial charge is 0.348 e. The van der Waals surface area contributed by atoms with E-state index in [4.69, 9.17) is 11.6 Å². The third kappa shape index (κ3) is 3.28. The Bertz CT molecular complexity index is 574. The number of nitrogens with zero attached hydrogens (tertiary/aromatic N) is 1. The zero-order chi connectivity index (χ0) is 13.0. The second-order valence-electron chi connectivity index (χ2n) is 3.68. The van der Waals surface area contributed by atoms with Gasteiger partial charge in [0.1, 0.15) is 11.0 Å². The van der Waals surface area contributed by atoms with Gasteiger partial charge in [-0.15, -0.1) is 0 Å². The second-order valence-corrected chi connectivity index (χ2v) is 4.07. The Morgan fingerprint density at radius 1 is 1.33 bits per heavy atom. The van der Waals surface area contributed by atoms with Crippen LogP contribution in [0.1, 0.15) is 15.9 Å². The Labute approximate surface area is 109 Å². The highest BCUT2D eigenvalue weighted by atomic mass is 35.5. The highest BCUT2D eigenvalue weighted by Gasteiger charge is 2.06. The Morgan fingerprint density at radius 3 is 2.89 bits per heavy atom. The molecule has 0 saturated heterocycles. The van der Waals surface area contributed by atoms with E-state index in [2.05, 4.69) is 10.3 Å². The normalized spacial score (nSPS) is 10.1. The maximum atomic E-state index is 12.9. The summed E-state index contributed by atoms with van der Waals surface area (Å²) in [7, 11) is 0. The number of carbonyl (C=O) groups is 1. The predicted molar refractivity (Wildman–Crippen MR) is 66.8 cm³/mol. The Hall–Kier alpha value is -1.94. The summed E-state index contributed by atoms with van der Waals surface area (Å²) in [5.41, 5.74) is 1.12. The SMILES string of the molecule is O=C(NCc1cccc(F)c1)c1ccnc(Cl)c1. The van der Waals surface area contributed by atoms with Crippen LogP contribution in [0, 0.1) is 5.82 Å². The van der Waals surface area contributed by atoms with Gasteiger partial charge >= 0.3 is 0 Å². The molecule has 1 N–H and O–H groups in total. The molecule has 0 atom stereocenters. The van der Waals surface area contributed by atoms with E-state index in [-0.39, 0.29) is 23.4 Å². The quantitative estimate of drug-likeness (QED) is 0.866. The summed E-state index contributed by atoms with van der Waals surface area (Å²) in [6, 6.07) is 9.10. The van der Waals surface area contributed by atoms with Crippen LogP contribution in [0.2, 0.25) is 5.15 Å². The van der Waals surface area contributed by atoms with Gasteiger partial charge < -0.3 is 5.32 Å². The van der Waals surface area contributed by atoms with Crippen LogP contribution < -0.4 is 5.32 Å². The number of amides is 1. The summed E-state index contributed by atoms with van der Waals surface area (Å²) < 4.78 is 12.9. The summed E-state index contributed by atoms with van der Waals surface area (Å²) in [4.78, 5) is 15.6. The molecular weight excluding hydrogens is 255 g/mol. The topological polar surface area (TPSA) is 42.0 Å². The van der Waals surface area contributed by atoms with E-state index < -0.39 is 0 Å². The Balaban J connectivity index is 2.00. The molecule has 0 saturated carbocycles. The number of nitrogens with one attached hydrogen (secondary N) is 1. The summed E-state index contributed by atoms with van der Waals surface area (Å²) in [6.45, 7) is 0.260. The van der Waals surface area contributed by atoms with Crippen molar-refractivity contribution in [1.82, 2.24) is 10.3 Å². The van der Waals surface area contributed by atoms with Gasteiger partial charge in [-0.3, -0.25) is 4.79 Å². The minimum atomic E-state index is -0.325. The van der Waals surface area contributed by atoms with Gasteiger partial charge in [0.25, 0.3) is 5.91 Å². The number of halogens is 2. The smallest absolute Gasteiger partial charge is 0.251 e. The molecule has 2 aromatic rings.